The van der Waals surface area contributed by atoms with E-state index in [4.69, 9.17) is 4.74 Å². The first kappa shape index (κ1) is 14.5. The van der Waals surface area contributed by atoms with E-state index in [1.807, 2.05) is 62.3 Å². The van der Waals surface area contributed by atoms with Crippen molar-refractivity contribution in [1.29, 1.82) is 0 Å². The molecule has 0 amide bonds. The van der Waals surface area contributed by atoms with Gasteiger partial charge in [0.2, 0.25) is 0 Å². The van der Waals surface area contributed by atoms with Gasteiger partial charge < -0.3 is 9.64 Å². The van der Waals surface area contributed by atoms with E-state index in [0.29, 0.717) is 0 Å². The third-order valence-electron chi connectivity index (χ3n) is 3.42. The number of fused-ring (bicyclic) bond motifs is 1. The Bertz CT molecular complexity index is 619. The number of methoxy groups -OCH3 is 1. The Labute approximate surface area is 120 Å². The Morgan fingerprint density at radius 3 is 2.45 bits per heavy atom. The van der Waals surface area contributed by atoms with Gasteiger partial charge >= 0.3 is 0 Å². The Balaban J connectivity index is 2.29. The zero-order valence-electron chi connectivity index (χ0n) is 12.5. The van der Waals surface area contributed by atoms with Crippen LogP contribution in [0.3, 0.4) is 0 Å². The van der Waals surface area contributed by atoms with E-state index >= 15 is 0 Å². The van der Waals surface area contributed by atoms with Gasteiger partial charge in [-0.2, -0.15) is 0 Å². The van der Waals surface area contributed by atoms with Gasteiger partial charge in [-0.25, -0.2) is 0 Å². The summed E-state index contributed by atoms with van der Waals surface area (Å²) >= 11 is 0. The van der Waals surface area contributed by atoms with Crippen LogP contribution in [-0.2, 0) is 0 Å². The second-order valence-corrected chi connectivity index (χ2v) is 5.46. The SMILES string of the molecule is COc1ccc2cc(C(=O)C(C)CN(C)C)ccc2c1. The van der Waals surface area contributed by atoms with Gasteiger partial charge in [-0.3, -0.25) is 4.79 Å². The third-order valence-corrected chi connectivity index (χ3v) is 3.42. The number of ketones is 1. The molecule has 2 rings (SSSR count). The van der Waals surface area contributed by atoms with Crippen molar-refractivity contribution in [2.75, 3.05) is 27.7 Å². The molecular weight excluding hydrogens is 250 g/mol. The molecule has 2 aromatic rings. The normalized spacial score (nSPS) is 12.7. The molecule has 3 nitrogen and oxygen atoms in total. The highest BCUT2D eigenvalue weighted by Gasteiger charge is 2.16. The zero-order valence-corrected chi connectivity index (χ0v) is 12.5. The topological polar surface area (TPSA) is 29.5 Å². The van der Waals surface area contributed by atoms with E-state index in [-0.39, 0.29) is 11.7 Å². The maximum Gasteiger partial charge on any atom is 0.166 e. The number of carbonyl (C=O) groups excluding carboxylic acids is 1. The minimum Gasteiger partial charge on any atom is -0.497 e. The Hall–Kier alpha value is -1.87. The second-order valence-electron chi connectivity index (χ2n) is 5.46. The fourth-order valence-electron chi connectivity index (χ4n) is 2.42. The summed E-state index contributed by atoms with van der Waals surface area (Å²) in [5.41, 5.74) is 0.775. The molecule has 0 heterocycles. The highest BCUT2D eigenvalue weighted by molar-refractivity contribution is 6.01. The lowest BCUT2D eigenvalue weighted by Crippen LogP contribution is -2.25. The molecule has 0 spiro atoms. The minimum absolute atomic E-state index is 0.000647. The molecule has 3 heteroatoms. The molecule has 0 aromatic heterocycles. The zero-order chi connectivity index (χ0) is 14.7. The van der Waals surface area contributed by atoms with Crippen molar-refractivity contribution in [1.82, 2.24) is 4.90 Å². The molecule has 0 N–H and O–H groups in total. The number of ether oxygens (including phenoxy) is 1. The third kappa shape index (κ3) is 3.17. The summed E-state index contributed by atoms with van der Waals surface area (Å²) in [6.07, 6.45) is 0. The summed E-state index contributed by atoms with van der Waals surface area (Å²) in [4.78, 5) is 14.4. The smallest absolute Gasteiger partial charge is 0.166 e. The van der Waals surface area contributed by atoms with Crippen molar-refractivity contribution in [3.8, 4) is 5.75 Å². The van der Waals surface area contributed by atoms with Gasteiger partial charge in [-0.15, -0.1) is 0 Å². The second kappa shape index (κ2) is 6.06. The molecule has 0 aliphatic rings. The van der Waals surface area contributed by atoms with Crippen LogP contribution >= 0.6 is 0 Å². The monoisotopic (exact) mass is 271 g/mol. The van der Waals surface area contributed by atoms with Gasteiger partial charge in [0.15, 0.2) is 5.78 Å². The largest absolute Gasteiger partial charge is 0.497 e. The summed E-state index contributed by atoms with van der Waals surface area (Å²) in [5, 5.41) is 2.15. The predicted octanol–water partition coefficient (Wildman–Crippen LogP) is 3.23. The number of hydrogen-bond donors (Lipinski definition) is 0. The molecule has 20 heavy (non-hydrogen) atoms. The quantitative estimate of drug-likeness (QED) is 0.782. The van der Waals surface area contributed by atoms with Crippen molar-refractivity contribution in [3.63, 3.8) is 0 Å². The van der Waals surface area contributed by atoms with Crippen LogP contribution in [0.2, 0.25) is 0 Å². The number of carbonyl (C=O) groups is 1. The summed E-state index contributed by atoms with van der Waals surface area (Å²) in [6, 6.07) is 11.7. The fourth-order valence-corrected chi connectivity index (χ4v) is 2.42. The number of Topliss-reactive ketones (excluding diaryl/α,β-unsaturated/α-hetero) is 1. The van der Waals surface area contributed by atoms with E-state index in [0.717, 1.165) is 28.6 Å². The maximum absolute atomic E-state index is 12.4. The van der Waals surface area contributed by atoms with Crippen molar-refractivity contribution in [2.24, 2.45) is 5.92 Å². The van der Waals surface area contributed by atoms with Gasteiger partial charge in [0.1, 0.15) is 5.75 Å². The van der Waals surface area contributed by atoms with E-state index in [2.05, 4.69) is 0 Å². The first-order chi connectivity index (χ1) is 9.51. The molecule has 0 saturated heterocycles. The van der Waals surface area contributed by atoms with Crippen molar-refractivity contribution < 1.29 is 9.53 Å². The lowest BCUT2D eigenvalue weighted by molar-refractivity contribution is 0.0910. The first-order valence-electron chi connectivity index (χ1n) is 6.78. The van der Waals surface area contributed by atoms with Crippen molar-refractivity contribution in [2.45, 2.75) is 6.92 Å². The van der Waals surface area contributed by atoms with E-state index in [9.17, 15) is 4.79 Å². The van der Waals surface area contributed by atoms with Crippen LogP contribution in [0.25, 0.3) is 10.8 Å². The standard InChI is InChI=1S/C17H21NO2/c1-12(11-18(2)3)17(19)15-6-5-14-10-16(20-4)8-7-13(14)9-15/h5-10,12H,11H2,1-4H3. The Morgan fingerprint density at radius 2 is 1.80 bits per heavy atom. The molecule has 1 atom stereocenters. The summed E-state index contributed by atoms with van der Waals surface area (Å²) in [6.45, 7) is 2.74. The van der Waals surface area contributed by atoms with Crippen LogP contribution in [0.4, 0.5) is 0 Å². The highest BCUT2D eigenvalue weighted by Crippen LogP contribution is 2.23. The van der Waals surface area contributed by atoms with Crippen LogP contribution in [0, 0.1) is 5.92 Å². The first-order valence-corrected chi connectivity index (χ1v) is 6.78. The van der Waals surface area contributed by atoms with Crippen molar-refractivity contribution in [3.05, 3.63) is 42.0 Å². The van der Waals surface area contributed by atoms with E-state index < -0.39 is 0 Å². The van der Waals surface area contributed by atoms with Crippen molar-refractivity contribution >= 4 is 16.6 Å². The van der Waals surface area contributed by atoms with Gasteiger partial charge in [-0.05, 0) is 43.1 Å². The van der Waals surface area contributed by atoms with E-state index in [1.54, 1.807) is 7.11 Å². The van der Waals surface area contributed by atoms with E-state index in [1.165, 1.54) is 0 Å². The lowest BCUT2D eigenvalue weighted by atomic mass is 9.96. The molecule has 0 aliphatic carbocycles. The molecule has 0 fully saturated rings. The van der Waals surface area contributed by atoms with Gasteiger partial charge in [-0.1, -0.05) is 25.1 Å². The average Bonchev–Trinajstić information content (AvgIpc) is 2.44. The molecule has 0 saturated carbocycles. The van der Waals surface area contributed by atoms with Gasteiger partial charge in [0.05, 0.1) is 7.11 Å². The van der Waals surface area contributed by atoms with Gasteiger partial charge in [0.25, 0.3) is 0 Å². The van der Waals surface area contributed by atoms with Crippen LogP contribution in [-0.4, -0.2) is 38.4 Å². The summed E-state index contributed by atoms with van der Waals surface area (Å²) in [7, 11) is 5.62. The van der Waals surface area contributed by atoms with Crippen LogP contribution in [0.1, 0.15) is 17.3 Å². The molecule has 1 unspecified atom stereocenters. The number of rotatable bonds is 5. The summed E-state index contributed by atoms with van der Waals surface area (Å²) < 4.78 is 5.21. The Kier molecular flexibility index (Phi) is 4.40. The lowest BCUT2D eigenvalue weighted by Gasteiger charge is -2.16. The summed E-state index contributed by atoms with van der Waals surface area (Å²) in [5.74, 6) is 1.02. The molecule has 0 aliphatic heterocycles. The number of hydrogen-bond acceptors (Lipinski definition) is 3. The van der Waals surface area contributed by atoms with Crippen LogP contribution in [0.5, 0.6) is 5.75 Å². The number of nitrogens with zero attached hydrogens (tertiary/aromatic N) is 1. The van der Waals surface area contributed by atoms with Crippen LogP contribution < -0.4 is 4.74 Å². The molecule has 106 valence electrons. The average molecular weight is 271 g/mol. The van der Waals surface area contributed by atoms with Crippen LogP contribution in [0.15, 0.2) is 36.4 Å². The predicted molar refractivity (Wildman–Crippen MR) is 82.5 cm³/mol. The van der Waals surface area contributed by atoms with Gasteiger partial charge in [0, 0.05) is 18.0 Å². The molecular formula is C17H21NO2. The Morgan fingerprint density at radius 1 is 1.15 bits per heavy atom. The fraction of sp³-hybridized carbons (Fsp3) is 0.353. The maximum atomic E-state index is 12.4. The highest BCUT2D eigenvalue weighted by atomic mass is 16.5. The number of benzene rings is 2. The minimum atomic E-state index is 0.000647. The molecule has 0 radical (unpaired) electrons. The molecule has 2 aromatic carbocycles. The molecule has 0 bridgehead atoms.